The van der Waals surface area contributed by atoms with Crippen LogP contribution in [0.3, 0.4) is 0 Å². The van der Waals surface area contributed by atoms with Crippen LogP contribution in [0.5, 0.6) is 0 Å². The number of hydrogen-bond donors (Lipinski definition) is 0. The molecule has 1 aromatic carbocycles. The Morgan fingerprint density at radius 1 is 1.00 bits per heavy atom. The number of nitrogens with zero attached hydrogens (tertiary/aromatic N) is 2. The molecule has 0 aromatic heterocycles. The maximum atomic E-state index is 12.7. The average molecular weight is 371 g/mol. The van der Waals surface area contributed by atoms with E-state index in [9.17, 15) is 13.2 Å². The number of rotatable bonds is 11. The first-order chi connectivity index (χ1) is 11.8. The van der Waals surface area contributed by atoms with E-state index >= 15 is 0 Å². The standard InChI is InChI=1S/C18H30N2O4S/c1-5-12-20(13-6-2)25(22,23)17-10-8-16(9-11-17)18(21)24-15-7-14-19(3)4/h8-11H,5-7,12-15H2,1-4H3. The molecule has 0 amide bonds. The number of hydrogen-bond acceptors (Lipinski definition) is 5. The van der Waals surface area contributed by atoms with Crippen LogP contribution in [0, 0.1) is 0 Å². The maximum absolute atomic E-state index is 12.7. The Morgan fingerprint density at radius 3 is 2.04 bits per heavy atom. The molecule has 0 unspecified atom stereocenters. The molecule has 0 radical (unpaired) electrons. The van der Waals surface area contributed by atoms with Gasteiger partial charge in [-0.15, -0.1) is 0 Å². The summed E-state index contributed by atoms with van der Waals surface area (Å²) in [6.45, 7) is 6.08. The van der Waals surface area contributed by atoms with Crippen LogP contribution in [0.15, 0.2) is 29.2 Å². The van der Waals surface area contributed by atoms with E-state index in [0.29, 0.717) is 25.3 Å². The summed E-state index contributed by atoms with van der Waals surface area (Å²) in [6.07, 6.45) is 2.28. The number of sulfonamides is 1. The van der Waals surface area contributed by atoms with Gasteiger partial charge in [-0.25, -0.2) is 13.2 Å². The largest absolute Gasteiger partial charge is 0.462 e. The third-order valence-corrected chi connectivity index (χ3v) is 5.57. The molecular weight excluding hydrogens is 340 g/mol. The van der Waals surface area contributed by atoms with Gasteiger partial charge in [0.1, 0.15) is 0 Å². The van der Waals surface area contributed by atoms with Crippen LogP contribution in [0.25, 0.3) is 0 Å². The fraction of sp³-hybridized carbons (Fsp3) is 0.611. The van der Waals surface area contributed by atoms with E-state index in [-0.39, 0.29) is 4.90 Å². The van der Waals surface area contributed by atoms with E-state index in [1.165, 1.54) is 28.6 Å². The Morgan fingerprint density at radius 2 is 1.56 bits per heavy atom. The van der Waals surface area contributed by atoms with Gasteiger partial charge in [-0.05, 0) is 57.6 Å². The van der Waals surface area contributed by atoms with E-state index in [4.69, 9.17) is 4.74 Å². The Kier molecular flexibility index (Phi) is 9.10. The van der Waals surface area contributed by atoms with Gasteiger partial charge in [0.05, 0.1) is 17.1 Å². The second-order valence-electron chi connectivity index (χ2n) is 6.22. The molecule has 0 bridgehead atoms. The summed E-state index contributed by atoms with van der Waals surface area (Å²) in [5, 5.41) is 0. The predicted octanol–water partition coefficient (Wildman–Crippen LogP) is 2.61. The van der Waals surface area contributed by atoms with Crippen molar-refractivity contribution in [3.63, 3.8) is 0 Å². The fourth-order valence-electron chi connectivity index (χ4n) is 2.39. The number of benzene rings is 1. The van der Waals surface area contributed by atoms with Gasteiger partial charge in [0.25, 0.3) is 0 Å². The minimum absolute atomic E-state index is 0.207. The molecule has 1 rings (SSSR count). The number of ether oxygens (including phenoxy) is 1. The molecule has 0 fully saturated rings. The summed E-state index contributed by atoms with van der Waals surface area (Å²) in [6, 6.07) is 5.97. The lowest BCUT2D eigenvalue weighted by Gasteiger charge is -2.21. The molecule has 0 aliphatic heterocycles. The topological polar surface area (TPSA) is 66.9 Å². The molecule has 25 heavy (non-hydrogen) atoms. The van der Waals surface area contributed by atoms with Gasteiger partial charge in [0.15, 0.2) is 0 Å². The van der Waals surface area contributed by atoms with E-state index in [1.54, 1.807) is 0 Å². The SMILES string of the molecule is CCCN(CCC)S(=O)(=O)c1ccc(C(=O)OCCCN(C)C)cc1. The normalized spacial score (nSPS) is 11.9. The third kappa shape index (κ3) is 6.76. The summed E-state index contributed by atoms with van der Waals surface area (Å²) in [5.74, 6) is -0.429. The predicted molar refractivity (Wildman–Crippen MR) is 99.2 cm³/mol. The van der Waals surface area contributed by atoms with E-state index in [0.717, 1.165) is 25.8 Å². The minimum atomic E-state index is -3.52. The van der Waals surface area contributed by atoms with Crippen molar-refractivity contribution < 1.29 is 17.9 Å². The zero-order chi connectivity index (χ0) is 18.9. The van der Waals surface area contributed by atoms with Crippen LogP contribution in [0.2, 0.25) is 0 Å². The molecular formula is C18H30N2O4S. The highest BCUT2D eigenvalue weighted by Crippen LogP contribution is 2.17. The van der Waals surface area contributed by atoms with Gasteiger partial charge in [-0.2, -0.15) is 4.31 Å². The molecule has 0 heterocycles. The van der Waals surface area contributed by atoms with Gasteiger partial charge in [-0.3, -0.25) is 0 Å². The van der Waals surface area contributed by atoms with Crippen molar-refractivity contribution >= 4 is 16.0 Å². The van der Waals surface area contributed by atoms with Crippen LogP contribution >= 0.6 is 0 Å². The van der Waals surface area contributed by atoms with Crippen molar-refractivity contribution in [1.29, 1.82) is 0 Å². The summed E-state index contributed by atoms with van der Waals surface area (Å²) in [7, 11) is 0.397. The van der Waals surface area contributed by atoms with Gasteiger partial charge in [0, 0.05) is 19.6 Å². The first kappa shape index (κ1) is 21.6. The molecule has 0 saturated carbocycles. The van der Waals surface area contributed by atoms with Crippen LogP contribution in [-0.2, 0) is 14.8 Å². The van der Waals surface area contributed by atoms with Gasteiger partial charge < -0.3 is 9.64 Å². The Labute approximate surface area is 151 Å². The number of carbonyl (C=O) groups excluding carboxylic acids is 1. The second-order valence-corrected chi connectivity index (χ2v) is 8.16. The molecule has 7 heteroatoms. The third-order valence-electron chi connectivity index (χ3n) is 3.66. The van der Waals surface area contributed by atoms with Crippen molar-refractivity contribution in [3.8, 4) is 0 Å². The molecule has 1 aromatic rings. The summed E-state index contributed by atoms with van der Waals surface area (Å²) in [5.41, 5.74) is 0.362. The quantitative estimate of drug-likeness (QED) is 0.442. The Bertz CT molecular complexity index is 621. The van der Waals surface area contributed by atoms with Crippen LogP contribution in [0.4, 0.5) is 0 Å². The van der Waals surface area contributed by atoms with Gasteiger partial charge in [0.2, 0.25) is 10.0 Å². The smallest absolute Gasteiger partial charge is 0.338 e. The molecule has 0 aliphatic rings. The summed E-state index contributed by atoms with van der Waals surface area (Å²) in [4.78, 5) is 14.2. The Hall–Kier alpha value is -1.44. The highest BCUT2D eigenvalue weighted by atomic mass is 32.2. The van der Waals surface area contributed by atoms with Crippen LogP contribution in [0.1, 0.15) is 43.5 Å². The molecule has 6 nitrogen and oxygen atoms in total. The zero-order valence-electron chi connectivity index (χ0n) is 15.7. The van der Waals surface area contributed by atoms with Gasteiger partial charge >= 0.3 is 5.97 Å². The average Bonchev–Trinajstić information content (AvgIpc) is 2.58. The fourth-order valence-corrected chi connectivity index (χ4v) is 4.02. The van der Waals surface area contributed by atoms with Crippen molar-refractivity contribution in [2.75, 3.05) is 40.3 Å². The second kappa shape index (κ2) is 10.5. The minimum Gasteiger partial charge on any atom is -0.462 e. The van der Waals surface area contributed by atoms with Crippen molar-refractivity contribution in [1.82, 2.24) is 9.21 Å². The van der Waals surface area contributed by atoms with Crippen LogP contribution in [-0.4, -0.2) is 63.9 Å². The Balaban J connectivity index is 2.75. The van der Waals surface area contributed by atoms with Crippen molar-refractivity contribution in [3.05, 3.63) is 29.8 Å². The monoisotopic (exact) mass is 370 g/mol. The molecule has 142 valence electrons. The highest BCUT2D eigenvalue weighted by molar-refractivity contribution is 7.89. The lowest BCUT2D eigenvalue weighted by atomic mass is 10.2. The first-order valence-corrected chi connectivity index (χ1v) is 10.2. The lowest BCUT2D eigenvalue weighted by molar-refractivity contribution is 0.0493. The molecule has 0 spiro atoms. The number of carbonyl (C=O) groups is 1. The maximum Gasteiger partial charge on any atom is 0.338 e. The van der Waals surface area contributed by atoms with Gasteiger partial charge in [-0.1, -0.05) is 13.8 Å². The first-order valence-electron chi connectivity index (χ1n) is 8.75. The van der Waals surface area contributed by atoms with Crippen molar-refractivity contribution in [2.24, 2.45) is 0 Å². The van der Waals surface area contributed by atoms with E-state index in [2.05, 4.69) is 0 Å². The lowest BCUT2D eigenvalue weighted by Crippen LogP contribution is -2.32. The zero-order valence-corrected chi connectivity index (χ0v) is 16.5. The summed E-state index contributed by atoms with van der Waals surface area (Å²) < 4.78 is 32.0. The molecule has 0 atom stereocenters. The van der Waals surface area contributed by atoms with Crippen LogP contribution < -0.4 is 0 Å². The number of esters is 1. The molecule has 0 saturated heterocycles. The summed E-state index contributed by atoms with van der Waals surface area (Å²) >= 11 is 0. The van der Waals surface area contributed by atoms with E-state index in [1.807, 2.05) is 32.8 Å². The van der Waals surface area contributed by atoms with E-state index < -0.39 is 16.0 Å². The van der Waals surface area contributed by atoms with Crippen molar-refractivity contribution in [2.45, 2.75) is 38.0 Å². The molecule has 0 aliphatic carbocycles. The molecule has 0 N–H and O–H groups in total. The highest BCUT2D eigenvalue weighted by Gasteiger charge is 2.23.